The summed E-state index contributed by atoms with van der Waals surface area (Å²) >= 11 is 2.92. The van der Waals surface area contributed by atoms with Crippen LogP contribution in [0.4, 0.5) is 0 Å². The molecule has 0 N–H and O–H groups in total. The molecule has 0 radical (unpaired) electrons. The molecule has 0 aromatic carbocycles. The minimum absolute atomic E-state index is 0.150. The molecule has 9 nitrogen and oxygen atoms in total. The molecule has 4 atom stereocenters. The lowest BCUT2D eigenvalue weighted by Crippen LogP contribution is -2.59. The van der Waals surface area contributed by atoms with E-state index in [1.165, 1.54) is 0 Å². The third kappa shape index (κ3) is 5.47. The van der Waals surface area contributed by atoms with Crippen molar-refractivity contribution in [2.75, 3.05) is 19.0 Å². The van der Waals surface area contributed by atoms with Crippen LogP contribution in [-0.4, -0.2) is 67.3 Å². The van der Waals surface area contributed by atoms with Gasteiger partial charge in [0, 0.05) is 13.8 Å². The van der Waals surface area contributed by atoms with Crippen molar-refractivity contribution in [3.8, 4) is 0 Å². The van der Waals surface area contributed by atoms with E-state index in [0.29, 0.717) is 0 Å². The molecule has 0 bridgehead atoms. The molecular weight excluding hydrogens is 380 g/mol. The van der Waals surface area contributed by atoms with Gasteiger partial charge < -0.3 is 23.7 Å². The van der Waals surface area contributed by atoms with Crippen molar-refractivity contribution in [2.45, 2.75) is 38.3 Å². The van der Waals surface area contributed by atoms with E-state index in [1.54, 1.807) is 0 Å². The zero-order valence-corrected chi connectivity index (χ0v) is 14.4. The van der Waals surface area contributed by atoms with Crippen molar-refractivity contribution in [3.63, 3.8) is 0 Å². The first-order valence-electron chi connectivity index (χ1n) is 6.59. The molecule has 10 heteroatoms. The summed E-state index contributed by atoms with van der Waals surface area (Å²) in [7, 11) is 1.13. The average Bonchev–Trinajstić information content (AvgIpc) is 2.48. The van der Waals surface area contributed by atoms with Gasteiger partial charge in [0.05, 0.1) is 13.7 Å². The van der Waals surface area contributed by atoms with Crippen molar-refractivity contribution in [2.24, 2.45) is 0 Å². The molecule has 1 saturated heterocycles. The standard InChI is InChI=1S/C13H17BrO9/c1-6(15)21-8-5-20-12(13(18)19-3)11(23-9(17)4-14)10(8)22-7(2)16/h8,10-12H,4-5H2,1-3H3/t8-,10+,11-,12-/m0/s1. The smallest absolute Gasteiger partial charge is 0.339 e. The highest BCUT2D eigenvalue weighted by Crippen LogP contribution is 2.25. The van der Waals surface area contributed by atoms with Gasteiger partial charge in [-0.05, 0) is 0 Å². The number of hydrogen-bond acceptors (Lipinski definition) is 9. The van der Waals surface area contributed by atoms with Gasteiger partial charge in [0.15, 0.2) is 24.4 Å². The fourth-order valence-electron chi connectivity index (χ4n) is 2.05. The van der Waals surface area contributed by atoms with Gasteiger partial charge in [0.2, 0.25) is 0 Å². The van der Waals surface area contributed by atoms with Crippen molar-refractivity contribution in [1.82, 2.24) is 0 Å². The quantitative estimate of drug-likeness (QED) is 0.351. The Kier molecular flexibility index (Phi) is 7.43. The van der Waals surface area contributed by atoms with Crippen LogP contribution < -0.4 is 0 Å². The molecule has 1 heterocycles. The van der Waals surface area contributed by atoms with E-state index in [2.05, 4.69) is 20.7 Å². The highest BCUT2D eigenvalue weighted by atomic mass is 79.9. The van der Waals surface area contributed by atoms with Crippen LogP contribution in [-0.2, 0) is 42.9 Å². The van der Waals surface area contributed by atoms with E-state index >= 15 is 0 Å². The Bertz CT molecular complexity index is 478. The summed E-state index contributed by atoms with van der Waals surface area (Å²) in [6, 6.07) is 0. The zero-order chi connectivity index (χ0) is 17.6. The first kappa shape index (κ1) is 19.4. The normalized spacial score (nSPS) is 26.8. The highest BCUT2D eigenvalue weighted by molar-refractivity contribution is 9.09. The molecule has 0 aliphatic carbocycles. The lowest BCUT2D eigenvalue weighted by Gasteiger charge is -2.39. The molecule has 0 amide bonds. The number of carbonyl (C=O) groups is 4. The molecular formula is C13H17BrO9. The maximum atomic E-state index is 11.8. The number of carbonyl (C=O) groups excluding carboxylic acids is 4. The van der Waals surface area contributed by atoms with Crippen molar-refractivity contribution in [3.05, 3.63) is 0 Å². The molecule has 1 aliphatic heterocycles. The van der Waals surface area contributed by atoms with Crippen LogP contribution in [0.2, 0.25) is 0 Å². The Morgan fingerprint density at radius 1 is 1.04 bits per heavy atom. The van der Waals surface area contributed by atoms with Gasteiger partial charge in [-0.25, -0.2) is 4.79 Å². The van der Waals surface area contributed by atoms with E-state index in [-0.39, 0.29) is 11.9 Å². The molecule has 1 fully saturated rings. The maximum absolute atomic E-state index is 11.8. The summed E-state index contributed by atoms with van der Waals surface area (Å²) in [4.78, 5) is 45.9. The van der Waals surface area contributed by atoms with E-state index in [0.717, 1.165) is 21.0 Å². The van der Waals surface area contributed by atoms with Crippen LogP contribution in [0.25, 0.3) is 0 Å². The molecule has 0 spiro atoms. The number of rotatable bonds is 5. The number of methoxy groups -OCH3 is 1. The Morgan fingerprint density at radius 2 is 1.65 bits per heavy atom. The van der Waals surface area contributed by atoms with Crippen molar-refractivity contribution < 1.29 is 42.9 Å². The predicted molar refractivity (Wildman–Crippen MR) is 76.5 cm³/mol. The first-order chi connectivity index (χ1) is 10.8. The summed E-state index contributed by atoms with van der Waals surface area (Å²) in [5.41, 5.74) is 0. The molecule has 0 aromatic heterocycles. The van der Waals surface area contributed by atoms with Crippen LogP contribution in [0.5, 0.6) is 0 Å². The second kappa shape index (κ2) is 8.82. The second-order valence-corrected chi connectivity index (χ2v) is 5.15. The van der Waals surface area contributed by atoms with Gasteiger partial charge in [-0.3, -0.25) is 14.4 Å². The van der Waals surface area contributed by atoms with Gasteiger partial charge in [-0.1, -0.05) is 15.9 Å². The van der Waals surface area contributed by atoms with Gasteiger partial charge in [-0.15, -0.1) is 0 Å². The largest absolute Gasteiger partial charge is 0.467 e. The van der Waals surface area contributed by atoms with Crippen LogP contribution >= 0.6 is 15.9 Å². The average molecular weight is 397 g/mol. The van der Waals surface area contributed by atoms with Crippen LogP contribution in [0.3, 0.4) is 0 Å². The zero-order valence-electron chi connectivity index (χ0n) is 12.8. The fourth-order valence-corrected chi connectivity index (χ4v) is 2.18. The lowest BCUT2D eigenvalue weighted by molar-refractivity contribution is -0.229. The first-order valence-corrected chi connectivity index (χ1v) is 7.71. The maximum Gasteiger partial charge on any atom is 0.339 e. The fraction of sp³-hybridized carbons (Fsp3) is 0.692. The minimum Gasteiger partial charge on any atom is -0.467 e. The van der Waals surface area contributed by atoms with Crippen molar-refractivity contribution in [1.29, 1.82) is 0 Å². The summed E-state index contributed by atoms with van der Waals surface area (Å²) < 4.78 is 25.1. The number of ether oxygens (including phenoxy) is 5. The molecule has 0 aromatic rings. The molecule has 1 aliphatic rings. The van der Waals surface area contributed by atoms with Crippen LogP contribution in [0, 0.1) is 0 Å². The Morgan fingerprint density at radius 3 is 2.13 bits per heavy atom. The summed E-state index contributed by atoms with van der Waals surface area (Å²) in [5, 5.41) is -0.150. The number of alkyl halides is 1. The van der Waals surface area contributed by atoms with Crippen LogP contribution in [0.1, 0.15) is 13.8 Å². The molecule has 130 valence electrons. The predicted octanol–water partition coefficient (Wildman–Crippen LogP) is -0.272. The Labute approximate surface area is 140 Å². The monoisotopic (exact) mass is 396 g/mol. The number of hydrogen-bond donors (Lipinski definition) is 0. The third-order valence-electron chi connectivity index (χ3n) is 2.86. The van der Waals surface area contributed by atoms with Crippen LogP contribution in [0.15, 0.2) is 0 Å². The van der Waals surface area contributed by atoms with E-state index in [1.807, 2.05) is 0 Å². The molecule has 23 heavy (non-hydrogen) atoms. The van der Waals surface area contributed by atoms with E-state index in [9.17, 15) is 19.2 Å². The Hall–Kier alpha value is -1.68. The van der Waals surface area contributed by atoms with E-state index in [4.69, 9.17) is 18.9 Å². The summed E-state index contributed by atoms with van der Waals surface area (Å²) in [6.45, 7) is 2.08. The molecule has 0 unspecified atom stereocenters. The SMILES string of the molecule is COC(=O)[C@H]1OC[C@H](OC(C)=O)[C@@H](OC(C)=O)[C@@H]1OC(=O)CBr. The lowest BCUT2D eigenvalue weighted by atomic mass is 9.99. The van der Waals surface area contributed by atoms with Gasteiger partial charge >= 0.3 is 23.9 Å². The summed E-state index contributed by atoms with van der Waals surface area (Å²) in [5.74, 6) is -2.86. The molecule has 0 saturated carbocycles. The summed E-state index contributed by atoms with van der Waals surface area (Å²) in [6.07, 6.45) is -4.84. The van der Waals surface area contributed by atoms with Gasteiger partial charge in [0.25, 0.3) is 0 Å². The highest BCUT2D eigenvalue weighted by Gasteiger charge is 2.50. The number of halogens is 1. The topological polar surface area (TPSA) is 114 Å². The van der Waals surface area contributed by atoms with Gasteiger partial charge in [-0.2, -0.15) is 0 Å². The third-order valence-corrected chi connectivity index (χ3v) is 3.32. The minimum atomic E-state index is -1.31. The Balaban J connectivity index is 3.11. The van der Waals surface area contributed by atoms with Crippen molar-refractivity contribution >= 4 is 39.8 Å². The second-order valence-electron chi connectivity index (χ2n) is 4.59. The van der Waals surface area contributed by atoms with Gasteiger partial charge in [0.1, 0.15) is 5.33 Å². The number of esters is 4. The molecule has 1 rings (SSSR count). The van der Waals surface area contributed by atoms with E-state index < -0.39 is 48.3 Å².